The molecule has 3 aromatic rings. The summed E-state index contributed by atoms with van der Waals surface area (Å²) >= 11 is 0. The van der Waals surface area contributed by atoms with Crippen molar-refractivity contribution >= 4 is 46.2 Å². The van der Waals surface area contributed by atoms with Crippen molar-refractivity contribution in [2.45, 2.75) is 20.3 Å². The number of rotatable bonds is 7. The van der Waals surface area contributed by atoms with Gasteiger partial charge in [0.15, 0.2) is 0 Å². The maximum absolute atomic E-state index is 12.3. The van der Waals surface area contributed by atoms with Crippen LogP contribution in [-0.2, 0) is 14.4 Å². The van der Waals surface area contributed by atoms with Gasteiger partial charge in [0.25, 0.3) is 0 Å². The summed E-state index contributed by atoms with van der Waals surface area (Å²) < 4.78 is 0. The quantitative estimate of drug-likeness (QED) is 0.249. The molecule has 8 nitrogen and oxygen atoms in total. The lowest BCUT2D eigenvalue weighted by Gasteiger charge is -2.09. The van der Waals surface area contributed by atoms with Gasteiger partial charge >= 0.3 is 11.8 Å². The van der Waals surface area contributed by atoms with E-state index in [9.17, 15) is 14.4 Å². The van der Waals surface area contributed by atoms with Crippen molar-refractivity contribution in [3.63, 3.8) is 0 Å². The van der Waals surface area contributed by atoms with E-state index in [0.717, 1.165) is 16.9 Å². The van der Waals surface area contributed by atoms with Gasteiger partial charge in [0.05, 0.1) is 6.42 Å². The molecule has 3 amide bonds. The van der Waals surface area contributed by atoms with Crippen LogP contribution in [-0.4, -0.2) is 23.4 Å². The van der Waals surface area contributed by atoms with E-state index in [1.807, 2.05) is 61.5 Å². The molecular formula is C25H25N5O3. The average molecular weight is 444 g/mol. The zero-order valence-electron chi connectivity index (χ0n) is 18.4. The lowest BCUT2D eigenvalue weighted by Crippen LogP contribution is -2.33. The number of amides is 3. The number of hydrogen-bond donors (Lipinski definition) is 4. The minimum absolute atomic E-state index is 0.0380. The molecule has 3 aromatic carbocycles. The molecule has 168 valence electrons. The number of carbonyl (C=O) groups is 3. The number of benzene rings is 3. The van der Waals surface area contributed by atoms with Crippen LogP contribution < -0.4 is 21.4 Å². The Labute approximate surface area is 192 Å². The summed E-state index contributed by atoms with van der Waals surface area (Å²) in [5, 5.41) is 12.4. The lowest BCUT2D eigenvalue weighted by molar-refractivity contribution is -0.136. The molecule has 0 spiro atoms. The summed E-state index contributed by atoms with van der Waals surface area (Å²) in [5.41, 5.74) is 6.39. The van der Waals surface area contributed by atoms with Gasteiger partial charge in [0, 0.05) is 28.5 Å². The van der Waals surface area contributed by atoms with Crippen LogP contribution in [0, 0.1) is 6.92 Å². The van der Waals surface area contributed by atoms with Crippen LogP contribution in [0.5, 0.6) is 0 Å². The molecule has 8 heteroatoms. The topological polar surface area (TPSA) is 112 Å². The molecule has 4 N–H and O–H groups in total. The van der Waals surface area contributed by atoms with Crippen LogP contribution in [0.1, 0.15) is 18.9 Å². The molecule has 0 bridgehead atoms. The normalized spacial score (nSPS) is 10.8. The summed E-state index contributed by atoms with van der Waals surface area (Å²) in [4.78, 5) is 36.2. The predicted molar refractivity (Wildman–Crippen MR) is 130 cm³/mol. The molecule has 0 saturated carbocycles. The van der Waals surface area contributed by atoms with Gasteiger partial charge in [-0.2, -0.15) is 5.10 Å². The number of nitrogens with one attached hydrogen (secondary N) is 4. The third-order valence-electron chi connectivity index (χ3n) is 4.60. The molecule has 0 atom stereocenters. The molecule has 0 aliphatic carbocycles. The Morgan fingerprint density at radius 3 is 2.03 bits per heavy atom. The Balaban J connectivity index is 1.46. The van der Waals surface area contributed by atoms with E-state index < -0.39 is 11.8 Å². The van der Waals surface area contributed by atoms with Crippen LogP contribution in [0.4, 0.5) is 22.7 Å². The molecule has 0 aromatic heterocycles. The first kappa shape index (κ1) is 23.2. The molecule has 0 aliphatic heterocycles. The minimum Gasteiger partial charge on any atom is -0.356 e. The third-order valence-corrected chi connectivity index (χ3v) is 4.60. The standard InChI is InChI=1S/C25H25N5O3/c1-17-8-6-7-11-22(17)28-24(32)25(33)30-29-18(2)16-23(31)27-21-14-12-20(13-15-21)26-19-9-4-3-5-10-19/h3-15,26H,16H2,1-2H3,(H,27,31)(H,28,32)(H,30,33). The first-order chi connectivity index (χ1) is 15.9. The summed E-state index contributed by atoms with van der Waals surface area (Å²) in [6, 6.07) is 24.2. The van der Waals surface area contributed by atoms with E-state index in [-0.39, 0.29) is 12.3 Å². The Morgan fingerprint density at radius 1 is 0.727 bits per heavy atom. The summed E-state index contributed by atoms with van der Waals surface area (Å²) in [7, 11) is 0. The van der Waals surface area contributed by atoms with E-state index >= 15 is 0 Å². The number of carbonyl (C=O) groups excluding carboxylic acids is 3. The first-order valence-electron chi connectivity index (χ1n) is 10.3. The first-order valence-corrected chi connectivity index (χ1v) is 10.3. The van der Waals surface area contributed by atoms with E-state index in [4.69, 9.17) is 0 Å². The highest BCUT2D eigenvalue weighted by molar-refractivity contribution is 6.39. The van der Waals surface area contributed by atoms with Gasteiger partial charge < -0.3 is 16.0 Å². The number of nitrogens with zero attached hydrogens (tertiary/aromatic N) is 1. The highest BCUT2D eigenvalue weighted by Crippen LogP contribution is 2.18. The second kappa shape index (κ2) is 11.2. The maximum atomic E-state index is 12.3. The predicted octanol–water partition coefficient (Wildman–Crippen LogP) is 4.20. The van der Waals surface area contributed by atoms with Gasteiger partial charge in [-0.1, -0.05) is 36.4 Å². The van der Waals surface area contributed by atoms with Crippen LogP contribution in [0.15, 0.2) is 84.0 Å². The van der Waals surface area contributed by atoms with Gasteiger partial charge in [-0.25, -0.2) is 5.43 Å². The summed E-state index contributed by atoms with van der Waals surface area (Å²) in [5.74, 6) is -2.05. The second-order valence-electron chi connectivity index (χ2n) is 7.35. The monoisotopic (exact) mass is 443 g/mol. The highest BCUT2D eigenvalue weighted by Gasteiger charge is 2.14. The van der Waals surface area contributed by atoms with Gasteiger partial charge in [0.1, 0.15) is 0 Å². The van der Waals surface area contributed by atoms with Crippen LogP contribution >= 0.6 is 0 Å². The summed E-state index contributed by atoms with van der Waals surface area (Å²) in [6.07, 6.45) is -0.0380. The van der Waals surface area contributed by atoms with Gasteiger partial charge in [-0.15, -0.1) is 0 Å². The fourth-order valence-corrected chi connectivity index (χ4v) is 2.89. The molecule has 0 saturated heterocycles. The van der Waals surface area contributed by atoms with Gasteiger partial charge in [0.2, 0.25) is 5.91 Å². The Hall–Kier alpha value is -4.46. The Kier molecular flexibility index (Phi) is 7.91. The lowest BCUT2D eigenvalue weighted by atomic mass is 10.2. The largest absolute Gasteiger partial charge is 0.356 e. The van der Waals surface area contributed by atoms with Gasteiger partial charge in [-0.3, -0.25) is 14.4 Å². The van der Waals surface area contributed by atoms with E-state index in [0.29, 0.717) is 17.1 Å². The molecule has 0 heterocycles. The number of anilines is 4. The Morgan fingerprint density at radius 2 is 1.33 bits per heavy atom. The fourth-order valence-electron chi connectivity index (χ4n) is 2.89. The van der Waals surface area contributed by atoms with Crippen molar-refractivity contribution in [3.05, 3.63) is 84.4 Å². The smallest absolute Gasteiger partial charge is 0.329 e. The van der Waals surface area contributed by atoms with Crippen molar-refractivity contribution < 1.29 is 14.4 Å². The fraction of sp³-hybridized carbons (Fsp3) is 0.120. The SMILES string of the molecule is CC(CC(=O)Nc1ccc(Nc2ccccc2)cc1)=NNC(=O)C(=O)Nc1ccccc1C. The van der Waals surface area contributed by atoms with Crippen molar-refractivity contribution in [2.75, 3.05) is 16.0 Å². The average Bonchev–Trinajstić information content (AvgIpc) is 2.81. The molecular weight excluding hydrogens is 418 g/mol. The van der Waals surface area contributed by atoms with Gasteiger partial charge in [-0.05, 0) is 61.9 Å². The van der Waals surface area contributed by atoms with Crippen molar-refractivity contribution in [3.8, 4) is 0 Å². The molecule has 0 fully saturated rings. The highest BCUT2D eigenvalue weighted by atomic mass is 16.2. The minimum atomic E-state index is -0.917. The van der Waals surface area contributed by atoms with Crippen LogP contribution in [0.3, 0.4) is 0 Å². The van der Waals surface area contributed by atoms with Crippen LogP contribution in [0.25, 0.3) is 0 Å². The molecule has 33 heavy (non-hydrogen) atoms. The second-order valence-corrected chi connectivity index (χ2v) is 7.35. The number of aryl methyl sites for hydroxylation is 1. The number of hydrogen-bond acceptors (Lipinski definition) is 5. The molecule has 0 aliphatic rings. The maximum Gasteiger partial charge on any atom is 0.329 e. The van der Waals surface area contributed by atoms with Crippen molar-refractivity contribution in [1.29, 1.82) is 0 Å². The zero-order chi connectivity index (χ0) is 23.6. The van der Waals surface area contributed by atoms with E-state index in [1.54, 1.807) is 31.2 Å². The van der Waals surface area contributed by atoms with E-state index in [2.05, 4.69) is 26.5 Å². The molecule has 0 radical (unpaired) electrons. The number of hydrazone groups is 1. The molecule has 0 unspecified atom stereocenters. The van der Waals surface area contributed by atoms with Crippen molar-refractivity contribution in [1.82, 2.24) is 5.43 Å². The third kappa shape index (κ3) is 7.32. The number of para-hydroxylation sites is 2. The Bertz CT molecular complexity index is 1160. The van der Waals surface area contributed by atoms with E-state index in [1.165, 1.54) is 0 Å². The summed E-state index contributed by atoms with van der Waals surface area (Å²) in [6.45, 7) is 3.41. The molecule has 3 rings (SSSR count). The zero-order valence-corrected chi connectivity index (χ0v) is 18.4. The van der Waals surface area contributed by atoms with Crippen molar-refractivity contribution in [2.24, 2.45) is 5.10 Å². The van der Waals surface area contributed by atoms with Crippen LogP contribution in [0.2, 0.25) is 0 Å².